The van der Waals surface area contributed by atoms with Gasteiger partial charge in [0, 0.05) is 13.0 Å². The van der Waals surface area contributed by atoms with Crippen molar-refractivity contribution in [2.45, 2.75) is 13.3 Å². The van der Waals surface area contributed by atoms with E-state index >= 15 is 0 Å². The molecule has 0 spiro atoms. The zero-order valence-corrected chi connectivity index (χ0v) is 10.3. The minimum absolute atomic E-state index is 0.0412. The summed E-state index contributed by atoms with van der Waals surface area (Å²) in [7, 11) is 1.31. The van der Waals surface area contributed by atoms with Crippen molar-refractivity contribution < 1.29 is 19.4 Å². The molecule has 0 saturated carbocycles. The summed E-state index contributed by atoms with van der Waals surface area (Å²) in [4.78, 5) is 24.7. The van der Waals surface area contributed by atoms with E-state index < -0.39 is 11.9 Å². The number of methoxy groups -OCH3 is 1. The largest absolute Gasteiger partial charge is 0.506 e. The summed E-state index contributed by atoms with van der Waals surface area (Å²) in [5.41, 5.74) is 1.39. The molecule has 1 aromatic carbocycles. The van der Waals surface area contributed by atoms with E-state index in [1.807, 2.05) is 6.92 Å². The fourth-order valence-corrected chi connectivity index (χ4v) is 2.11. The van der Waals surface area contributed by atoms with Crippen LogP contribution < -0.4 is 4.90 Å². The molecule has 1 amide bonds. The average molecular weight is 249 g/mol. The van der Waals surface area contributed by atoms with Crippen LogP contribution in [-0.2, 0) is 14.3 Å². The average Bonchev–Trinajstić information content (AvgIpc) is 2.73. The van der Waals surface area contributed by atoms with E-state index in [0.29, 0.717) is 5.69 Å². The maximum Gasteiger partial charge on any atom is 0.311 e. The molecule has 0 aliphatic carbocycles. The van der Waals surface area contributed by atoms with Gasteiger partial charge < -0.3 is 14.7 Å². The van der Waals surface area contributed by atoms with Crippen LogP contribution >= 0.6 is 0 Å². The van der Waals surface area contributed by atoms with Crippen LogP contribution in [0.1, 0.15) is 12.0 Å². The Morgan fingerprint density at radius 2 is 2.22 bits per heavy atom. The van der Waals surface area contributed by atoms with Crippen molar-refractivity contribution >= 4 is 17.6 Å². The monoisotopic (exact) mass is 249 g/mol. The van der Waals surface area contributed by atoms with Gasteiger partial charge in [0.1, 0.15) is 5.75 Å². The van der Waals surface area contributed by atoms with E-state index in [2.05, 4.69) is 4.74 Å². The molecule has 1 saturated heterocycles. The first-order chi connectivity index (χ1) is 8.52. The number of hydrogen-bond acceptors (Lipinski definition) is 4. The van der Waals surface area contributed by atoms with Gasteiger partial charge in [-0.15, -0.1) is 0 Å². The zero-order valence-electron chi connectivity index (χ0n) is 10.3. The Hall–Kier alpha value is -2.04. The number of hydrogen-bond donors (Lipinski definition) is 1. The topological polar surface area (TPSA) is 66.8 Å². The summed E-state index contributed by atoms with van der Waals surface area (Å²) in [6.07, 6.45) is 0.125. The Balaban J connectivity index is 2.27. The number of esters is 1. The molecule has 2 rings (SSSR count). The van der Waals surface area contributed by atoms with Crippen LogP contribution in [0.2, 0.25) is 0 Å². The van der Waals surface area contributed by atoms with Gasteiger partial charge in [-0.2, -0.15) is 0 Å². The summed E-state index contributed by atoms with van der Waals surface area (Å²) in [6.45, 7) is 2.13. The number of rotatable bonds is 2. The number of aryl methyl sites for hydroxylation is 1. The van der Waals surface area contributed by atoms with E-state index in [1.54, 1.807) is 18.2 Å². The number of phenolic OH excluding ortho intramolecular Hbond substituents is 1. The van der Waals surface area contributed by atoms with Crippen LogP contribution in [0.15, 0.2) is 18.2 Å². The van der Waals surface area contributed by atoms with E-state index in [-0.39, 0.29) is 24.6 Å². The lowest BCUT2D eigenvalue weighted by Gasteiger charge is -2.18. The molecule has 0 bridgehead atoms. The van der Waals surface area contributed by atoms with Gasteiger partial charge in [-0.1, -0.05) is 6.07 Å². The van der Waals surface area contributed by atoms with Gasteiger partial charge >= 0.3 is 5.97 Å². The molecule has 5 nitrogen and oxygen atoms in total. The fraction of sp³-hybridized carbons (Fsp3) is 0.385. The van der Waals surface area contributed by atoms with Crippen molar-refractivity contribution in [3.05, 3.63) is 23.8 Å². The molecule has 1 atom stereocenters. The molecule has 96 valence electrons. The number of carbonyl (C=O) groups is 2. The Kier molecular flexibility index (Phi) is 3.23. The Bertz CT molecular complexity index is 498. The van der Waals surface area contributed by atoms with Gasteiger partial charge in [0.05, 0.1) is 18.7 Å². The van der Waals surface area contributed by atoms with Crippen LogP contribution in [0.3, 0.4) is 0 Å². The van der Waals surface area contributed by atoms with Crippen molar-refractivity contribution in [3.63, 3.8) is 0 Å². The number of anilines is 1. The standard InChI is InChI=1S/C13H15NO4/c1-8-3-4-11(15)10(5-8)14-7-9(6-12(14)16)13(17)18-2/h3-5,9,15H,6-7H2,1-2H3. The van der Waals surface area contributed by atoms with Gasteiger partial charge in [-0.25, -0.2) is 0 Å². The molecule has 1 N–H and O–H groups in total. The summed E-state index contributed by atoms with van der Waals surface area (Å²) >= 11 is 0. The van der Waals surface area contributed by atoms with Crippen molar-refractivity contribution in [3.8, 4) is 5.75 Å². The van der Waals surface area contributed by atoms with E-state index in [1.165, 1.54) is 12.0 Å². The summed E-state index contributed by atoms with van der Waals surface area (Å²) in [5.74, 6) is -0.980. The van der Waals surface area contributed by atoms with E-state index in [4.69, 9.17) is 0 Å². The van der Waals surface area contributed by atoms with Crippen LogP contribution in [-0.4, -0.2) is 30.6 Å². The SMILES string of the molecule is COC(=O)C1CC(=O)N(c2cc(C)ccc2O)C1. The number of phenols is 1. The molecular formula is C13H15NO4. The molecule has 1 fully saturated rings. The lowest BCUT2D eigenvalue weighted by Crippen LogP contribution is -2.26. The zero-order chi connectivity index (χ0) is 13.3. The fourth-order valence-electron chi connectivity index (χ4n) is 2.11. The predicted octanol–water partition coefficient (Wildman–Crippen LogP) is 1.23. The van der Waals surface area contributed by atoms with Crippen molar-refractivity contribution in [1.29, 1.82) is 0 Å². The van der Waals surface area contributed by atoms with Gasteiger partial charge in [-0.05, 0) is 24.6 Å². The molecule has 5 heteroatoms. The van der Waals surface area contributed by atoms with Crippen LogP contribution in [0.5, 0.6) is 5.75 Å². The molecule has 1 aromatic rings. The van der Waals surface area contributed by atoms with Gasteiger partial charge in [0.15, 0.2) is 0 Å². The highest BCUT2D eigenvalue weighted by molar-refractivity contribution is 6.00. The van der Waals surface area contributed by atoms with Gasteiger partial charge in [0.25, 0.3) is 0 Å². The second kappa shape index (κ2) is 4.68. The second-order valence-corrected chi connectivity index (χ2v) is 4.42. The molecule has 0 radical (unpaired) electrons. The number of amides is 1. The highest BCUT2D eigenvalue weighted by Gasteiger charge is 2.36. The van der Waals surface area contributed by atoms with Crippen molar-refractivity contribution in [2.24, 2.45) is 5.92 Å². The third-order valence-electron chi connectivity index (χ3n) is 3.08. The van der Waals surface area contributed by atoms with Crippen LogP contribution in [0.25, 0.3) is 0 Å². The maximum absolute atomic E-state index is 11.9. The van der Waals surface area contributed by atoms with E-state index in [0.717, 1.165) is 5.56 Å². The molecule has 0 aromatic heterocycles. The number of ether oxygens (including phenoxy) is 1. The molecule has 1 aliphatic heterocycles. The maximum atomic E-state index is 11.9. The number of aromatic hydroxyl groups is 1. The number of benzene rings is 1. The van der Waals surface area contributed by atoms with Crippen LogP contribution in [0, 0.1) is 12.8 Å². The molecule has 1 heterocycles. The quantitative estimate of drug-likeness (QED) is 0.800. The molecule has 1 aliphatic rings. The van der Waals surface area contributed by atoms with Gasteiger partial charge in [-0.3, -0.25) is 9.59 Å². The third-order valence-corrected chi connectivity index (χ3v) is 3.08. The predicted molar refractivity (Wildman–Crippen MR) is 65.3 cm³/mol. The van der Waals surface area contributed by atoms with E-state index in [9.17, 15) is 14.7 Å². The normalized spacial score (nSPS) is 19.1. The first-order valence-corrected chi connectivity index (χ1v) is 5.70. The molecule has 1 unspecified atom stereocenters. The Morgan fingerprint density at radius 3 is 2.89 bits per heavy atom. The number of carbonyl (C=O) groups excluding carboxylic acids is 2. The first-order valence-electron chi connectivity index (χ1n) is 5.70. The molecule has 18 heavy (non-hydrogen) atoms. The lowest BCUT2D eigenvalue weighted by atomic mass is 10.1. The Morgan fingerprint density at radius 1 is 1.50 bits per heavy atom. The smallest absolute Gasteiger partial charge is 0.311 e. The second-order valence-electron chi connectivity index (χ2n) is 4.42. The first kappa shape index (κ1) is 12.4. The van der Waals surface area contributed by atoms with Crippen LogP contribution in [0.4, 0.5) is 5.69 Å². The minimum atomic E-state index is -0.456. The summed E-state index contributed by atoms with van der Waals surface area (Å²) in [6, 6.07) is 5.04. The lowest BCUT2D eigenvalue weighted by molar-refractivity contribution is -0.145. The van der Waals surface area contributed by atoms with Crippen molar-refractivity contribution in [1.82, 2.24) is 0 Å². The minimum Gasteiger partial charge on any atom is -0.506 e. The Labute approximate surface area is 105 Å². The highest BCUT2D eigenvalue weighted by atomic mass is 16.5. The number of nitrogens with zero attached hydrogens (tertiary/aromatic N) is 1. The summed E-state index contributed by atoms with van der Waals surface area (Å²) in [5, 5.41) is 9.79. The molecular weight excluding hydrogens is 234 g/mol. The highest BCUT2D eigenvalue weighted by Crippen LogP contribution is 2.33. The van der Waals surface area contributed by atoms with Crippen molar-refractivity contribution in [2.75, 3.05) is 18.6 Å². The van der Waals surface area contributed by atoms with Gasteiger partial charge in [0.2, 0.25) is 5.91 Å². The summed E-state index contributed by atoms with van der Waals surface area (Å²) < 4.78 is 4.64. The third kappa shape index (κ3) is 2.16.